The molecule has 14 heteroatoms. The molecular formula is C36H69N3O11. The number of amides is 3. The van der Waals surface area contributed by atoms with Crippen LogP contribution in [0.25, 0.3) is 0 Å². The molecule has 1 heterocycles. The summed E-state index contributed by atoms with van der Waals surface area (Å²) < 4.78 is 45.8. The van der Waals surface area contributed by atoms with Crippen LogP contribution in [0.4, 0.5) is 0 Å². The lowest BCUT2D eigenvalue weighted by molar-refractivity contribution is -0.140. The van der Waals surface area contributed by atoms with Gasteiger partial charge < -0.3 is 48.9 Å². The molecule has 50 heavy (non-hydrogen) atoms. The molecule has 1 aliphatic rings. The van der Waals surface area contributed by atoms with Crippen LogP contribution >= 0.6 is 0 Å². The van der Waals surface area contributed by atoms with E-state index in [1.807, 2.05) is 55.4 Å². The van der Waals surface area contributed by atoms with Crippen molar-refractivity contribution in [3.05, 3.63) is 0 Å². The van der Waals surface area contributed by atoms with Crippen molar-refractivity contribution in [2.45, 2.75) is 111 Å². The van der Waals surface area contributed by atoms with Crippen LogP contribution in [-0.4, -0.2) is 139 Å². The van der Waals surface area contributed by atoms with E-state index < -0.39 is 0 Å². The Morgan fingerprint density at radius 2 is 1.42 bits per heavy atom. The topological polar surface area (TPSA) is 166 Å². The number of nitrogens with two attached hydrogens (primary N) is 1. The van der Waals surface area contributed by atoms with E-state index in [-0.39, 0.29) is 78.6 Å². The van der Waals surface area contributed by atoms with Crippen LogP contribution in [0.2, 0.25) is 0 Å². The summed E-state index contributed by atoms with van der Waals surface area (Å²) in [5.41, 5.74) is 4.53. The predicted molar refractivity (Wildman–Crippen MR) is 189 cm³/mol. The molecule has 3 N–H and O–H groups in total. The number of ether oxygens (including phenoxy) is 8. The van der Waals surface area contributed by atoms with Gasteiger partial charge in [-0.3, -0.25) is 19.3 Å². The maximum absolute atomic E-state index is 12.6. The van der Waals surface area contributed by atoms with Gasteiger partial charge in [0.2, 0.25) is 17.7 Å². The molecule has 294 valence electrons. The molecule has 1 rings (SSSR count). The van der Waals surface area contributed by atoms with E-state index in [0.717, 1.165) is 6.42 Å². The fourth-order valence-electron chi connectivity index (χ4n) is 4.88. The van der Waals surface area contributed by atoms with E-state index in [0.29, 0.717) is 85.5 Å². The number of nitrogens with zero attached hydrogens (tertiary/aromatic N) is 1. The number of hydrogen-bond acceptors (Lipinski definition) is 12. The minimum absolute atomic E-state index is 0.0399. The Hall–Kier alpha value is -1.75. The average Bonchev–Trinajstić information content (AvgIpc) is 3.33. The standard InChI is InChI=1S/C36H69N3O11/c1-28(43-9)24-49-35(5,6)12-17-44-19-20-47-26-29(48-22-21-45-18-13-36(7,8)50-27-37)25-46-16-10-14-38-31(40)11-15-39-32(41)23-30(33(39)42)34(2,3)4/h28-30H,10-27,37H2,1-9H3,(H,38,40). The largest absolute Gasteiger partial charge is 0.379 e. The van der Waals surface area contributed by atoms with E-state index in [1.165, 1.54) is 4.90 Å². The fraction of sp³-hybridized carbons (Fsp3) is 0.917. The fourth-order valence-corrected chi connectivity index (χ4v) is 4.88. The van der Waals surface area contributed by atoms with E-state index >= 15 is 0 Å². The molecule has 0 radical (unpaired) electrons. The van der Waals surface area contributed by atoms with Crippen molar-refractivity contribution >= 4 is 17.7 Å². The van der Waals surface area contributed by atoms with Crippen LogP contribution in [0.5, 0.6) is 0 Å². The minimum atomic E-state index is -0.353. The van der Waals surface area contributed by atoms with E-state index in [9.17, 15) is 14.4 Å². The first-order valence-corrected chi connectivity index (χ1v) is 18.1. The highest BCUT2D eigenvalue weighted by molar-refractivity contribution is 6.04. The molecule has 1 saturated heterocycles. The third kappa shape index (κ3) is 20.9. The normalized spacial score (nSPS) is 17.1. The second-order valence-electron chi connectivity index (χ2n) is 15.0. The molecule has 0 aliphatic carbocycles. The zero-order chi connectivity index (χ0) is 37.6. The van der Waals surface area contributed by atoms with Gasteiger partial charge in [-0.25, -0.2) is 0 Å². The molecule has 0 aromatic rings. The summed E-state index contributed by atoms with van der Waals surface area (Å²) in [5.74, 6) is -0.961. The highest BCUT2D eigenvalue weighted by Crippen LogP contribution is 2.35. The Labute approximate surface area is 301 Å². The van der Waals surface area contributed by atoms with Crippen LogP contribution in [-0.2, 0) is 52.3 Å². The maximum Gasteiger partial charge on any atom is 0.233 e. The van der Waals surface area contributed by atoms with Crippen molar-refractivity contribution in [3.63, 3.8) is 0 Å². The molecule has 1 aliphatic heterocycles. The Morgan fingerprint density at radius 3 is 2.00 bits per heavy atom. The number of nitrogens with one attached hydrogen (secondary N) is 1. The van der Waals surface area contributed by atoms with Gasteiger partial charge in [-0.1, -0.05) is 20.8 Å². The molecule has 0 spiro atoms. The Morgan fingerprint density at radius 1 is 0.840 bits per heavy atom. The summed E-state index contributed by atoms with van der Waals surface area (Å²) in [7, 11) is 1.67. The summed E-state index contributed by atoms with van der Waals surface area (Å²) in [6, 6.07) is 0. The molecule has 14 nitrogen and oxygen atoms in total. The molecule has 3 amide bonds. The second-order valence-corrected chi connectivity index (χ2v) is 15.0. The molecule has 0 aromatic carbocycles. The molecule has 3 atom stereocenters. The Kier molecular flexibility index (Phi) is 22.7. The summed E-state index contributed by atoms with van der Waals surface area (Å²) in [6.45, 7) is 20.8. The Balaban J connectivity index is 2.35. The molecular weight excluding hydrogens is 650 g/mol. The number of hydrogen-bond donors (Lipinski definition) is 2. The van der Waals surface area contributed by atoms with Gasteiger partial charge in [0.25, 0.3) is 0 Å². The van der Waals surface area contributed by atoms with Crippen LogP contribution in [0.1, 0.15) is 87.5 Å². The number of methoxy groups -OCH3 is 1. The zero-order valence-electron chi connectivity index (χ0n) is 32.5. The van der Waals surface area contributed by atoms with Gasteiger partial charge in [-0.2, -0.15) is 0 Å². The van der Waals surface area contributed by atoms with E-state index in [4.69, 9.17) is 43.6 Å². The van der Waals surface area contributed by atoms with Crippen LogP contribution in [0.3, 0.4) is 0 Å². The van der Waals surface area contributed by atoms with Crippen molar-refractivity contribution in [1.82, 2.24) is 10.2 Å². The van der Waals surface area contributed by atoms with Gasteiger partial charge in [-0.15, -0.1) is 0 Å². The molecule has 0 saturated carbocycles. The van der Waals surface area contributed by atoms with Crippen molar-refractivity contribution in [1.29, 1.82) is 0 Å². The molecule has 3 unspecified atom stereocenters. The zero-order valence-corrected chi connectivity index (χ0v) is 32.5. The smallest absolute Gasteiger partial charge is 0.233 e. The van der Waals surface area contributed by atoms with Gasteiger partial charge in [0.05, 0.1) is 76.2 Å². The first-order chi connectivity index (χ1) is 23.5. The first kappa shape index (κ1) is 46.3. The van der Waals surface area contributed by atoms with Crippen molar-refractivity contribution in [2.75, 3.05) is 93.0 Å². The number of carbonyl (C=O) groups excluding carboxylic acids is 3. The third-order valence-electron chi connectivity index (χ3n) is 8.48. The first-order valence-electron chi connectivity index (χ1n) is 18.1. The van der Waals surface area contributed by atoms with Crippen molar-refractivity contribution in [2.24, 2.45) is 17.1 Å². The SMILES string of the molecule is COC(C)COC(C)(C)CCOCCOCC(COCCCNC(=O)CCN1C(=O)CC(C(C)(C)C)C1=O)OCCOCCC(C)(C)OCN. The summed E-state index contributed by atoms with van der Waals surface area (Å²) >= 11 is 0. The van der Waals surface area contributed by atoms with Gasteiger partial charge in [0.15, 0.2) is 0 Å². The second kappa shape index (κ2) is 24.5. The minimum Gasteiger partial charge on any atom is -0.379 e. The third-order valence-corrected chi connectivity index (χ3v) is 8.48. The van der Waals surface area contributed by atoms with E-state index in [2.05, 4.69) is 5.32 Å². The number of likely N-dealkylation sites (tertiary alicyclic amines) is 1. The quantitative estimate of drug-likeness (QED) is 0.0634. The van der Waals surface area contributed by atoms with Crippen LogP contribution < -0.4 is 11.1 Å². The number of imide groups is 1. The lowest BCUT2D eigenvalue weighted by atomic mass is 9.80. The van der Waals surface area contributed by atoms with Crippen molar-refractivity contribution in [3.8, 4) is 0 Å². The van der Waals surface area contributed by atoms with Crippen LogP contribution in [0, 0.1) is 11.3 Å². The highest BCUT2D eigenvalue weighted by atomic mass is 16.6. The molecule has 0 aromatic heterocycles. The van der Waals surface area contributed by atoms with Gasteiger partial charge in [-0.05, 0) is 59.3 Å². The van der Waals surface area contributed by atoms with Crippen molar-refractivity contribution < 1.29 is 52.3 Å². The lowest BCUT2D eigenvalue weighted by Gasteiger charge is -2.26. The summed E-state index contributed by atoms with van der Waals surface area (Å²) in [6.07, 6.45) is 2.04. The monoisotopic (exact) mass is 719 g/mol. The highest BCUT2D eigenvalue weighted by Gasteiger charge is 2.44. The van der Waals surface area contributed by atoms with Gasteiger partial charge in [0.1, 0.15) is 6.10 Å². The predicted octanol–water partition coefficient (Wildman–Crippen LogP) is 3.08. The summed E-state index contributed by atoms with van der Waals surface area (Å²) in [4.78, 5) is 38.5. The molecule has 0 bridgehead atoms. The lowest BCUT2D eigenvalue weighted by Crippen LogP contribution is -2.37. The molecule has 1 fully saturated rings. The van der Waals surface area contributed by atoms with Crippen LogP contribution in [0.15, 0.2) is 0 Å². The average molecular weight is 720 g/mol. The van der Waals surface area contributed by atoms with Gasteiger partial charge in [0, 0.05) is 52.9 Å². The van der Waals surface area contributed by atoms with Gasteiger partial charge >= 0.3 is 0 Å². The number of rotatable bonds is 30. The summed E-state index contributed by atoms with van der Waals surface area (Å²) in [5, 5.41) is 2.84. The maximum atomic E-state index is 12.6. The van der Waals surface area contributed by atoms with E-state index in [1.54, 1.807) is 7.11 Å². The Bertz CT molecular complexity index is 958. The number of carbonyl (C=O) groups is 3.